The van der Waals surface area contributed by atoms with Crippen molar-refractivity contribution in [3.8, 4) is 22.3 Å². The normalized spacial score (nSPS) is 13.7. The summed E-state index contributed by atoms with van der Waals surface area (Å²) in [4.78, 5) is 6.72. The maximum Gasteiger partial charge on any atom is 0.236 e. The van der Waals surface area contributed by atoms with Crippen molar-refractivity contribution in [3.63, 3.8) is 0 Å². The number of benzene rings is 1. The zero-order valence-electron chi connectivity index (χ0n) is 12.4. The summed E-state index contributed by atoms with van der Waals surface area (Å²) in [6, 6.07) is 10.1. The second kappa shape index (κ2) is 6.68. The number of hydrogen-bond donors (Lipinski definition) is 0. The standard InChI is InChI=1S/C17H15NO3S2/c1-3-16(22-8-1)17-18-12(10-21-17)11-23-13-4-5-14-15(9-13)20-7-2-6-19-14/h1,3-5,8-10H,2,6-7,11H2. The van der Waals surface area contributed by atoms with E-state index in [4.69, 9.17) is 13.9 Å². The van der Waals surface area contributed by atoms with Gasteiger partial charge in [0.2, 0.25) is 5.89 Å². The van der Waals surface area contributed by atoms with E-state index < -0.39 is 0 Å². The van der Waals surface area contributed by atoms with Crippen molar-refractivity contribution in [2.45, 2.75) is 17.1 Å². The summed E-state index contributed by atoms with van der Waals surface area (Å²) in [6.07, 6.45) is 2.65. The summed E-state index contributed by atoms with van der Waals surface area (Å²) >= 11 is 3.34. The lowest BCUT2D eigenvalue weighted by molar-refractivity contribution is 0.297. The molecule has 0 radical (unpaired) electrons. The fourth-order valence-electron chi connectivity index (χ4n) is 2.28. The van der Waals surface area contributed by atoms with Crippen LogP contribution in [0.25, 0.3) is 10.8 Å². The average molecular weight is 345 g/mol. The number of oxazole rings is 1. The fraction of sp³-hybridized carbons (Fsp3) is 0.235. The molecule has 1 aliphatic rings. The van der Waals surface area contributed by atoms with Gasteiger partial charge in [-0.2, -0.15) is 0 Å². The lowest BCUT2D eigenvalue weighted by Crippen LogP contribution is -1.97. The Hall–Kier alpha value is -1.92. The van der Waals surface area contributed by atoms with E-state index in [-0.39, 0.29) is 0 Å². The molecule has 1 aromatic carbocycles. The molecule has 3 aromatic rings. The van der Waals surface area contributed by atoms with Crippen LogP contribution in [0.4, 0.5) is 0 Å². The Morgan fingerprint density at radius 3 is 2.91 bits per heavy atom. The van der Waals surface area contributed by atoms with E-state index in [1.165, 1.54) is 0 Å². The van der Waals surface area contributed by atoms with Crippen molar-refractivity contribution in [3.05, 3.63) is 47.7 Å². The molecule has 4 rings (SSSR count). The Balaban J connectivity index is 1.44. The van der Waals surface area contributed by atoms with Crippen molar-refractivity contribution in [1.29, 1.82) is 0 Å². The van der Waals surface area contributed by atoms with Crippen LogP contribution in [0.15, 0.2) is 51.3 Å². The molecule has 0 atom stereocenters. The van der Waals surface area contributed by atoms with Gasteiger partial charge in [-0.05, 0) is 29.6 Å². The molecule has 0 unspecified atom stereocenters. The van der Waals surface area contributed by atoms with Crippen LogP contribution in [-0.4, -0.2) is 18.2 Å². The third kappa shape index (κ3) is 3.38. The lowest BCUT2D eigenvalue weighted by Gasteiger charge is -2.08. The molecule has 0 saturated carbocycles. The van der Waals surface area contributed by atoms with Crippen molar-refractivity contribution in [2.75, 3.05) is 13.2 Å². The summed E-state index contributed by atoms with van der Waals surface area (Å²) in [5.41, 5.74) is 0.936. The summed E-state index contributed by atoms with van der Waals surface area (Å²) in [5, 5.41) is 2.02. The molecule has 0 aliphatic carbocycles. The zero-order valence-corrected chi connectivity index (χ0v) is 14.0. The summed E-state index contributed by atoms with van der Waals surface area (Å²) in [5.74, 6) is 3.10. The third-order valence-electron chi connectivity index (χ3n) is 3.39. The first-order valence-electron chi connectivity index (χ1n) is 7.39. The van der Waals surface area contributed by atoms with Crippen molar-refractivity contribution in [1.82, 2.24) is 4.98 Å². The Morgan fingerprint density at radius 2 is 2.04 bits per heavy atom. The number of hydrogen-bond acceptors (Lipinski definition) is 6. The van der Waals surface area contributed by atoms with Gasteiger partial charge in [-0.3, -0.25) is 0 Å². The minimum Gasteiger partial charge on any atom is -0.490 e. The topological polar surface area (TPSA) is 44.5 Å². The van der Waals surface area contributed by atoms with Gasteiger partial charge in [0.1, 0.15) is 6.26 Å². The molecule has 3 heterocycles. The Labute approximate surface area is 142 Å². The molecule has 0 saturated heterocycles. The number of nitrogens with zero attached hydrogens (tertiary/aromatic N) is 1. The molecule has 118 valence electrons. The maximum atomic E-state index is 5.72. The first-order chi connectivity index (χ1) is 11.4. The van der Waals surface area contributed by atoms with Crippen LogP contribution in [-0.2, 0) is 5.75 Å². The van der Waals surface area contributed by atoms with Crippen LogP contribution in [0, 0.1) is 0 Å². The predicted octanol–water partition coefficient (Wildman–Crippen LogP) is 4.86. The molecule has 0 bridgehead atoms. The number of aromatic nitrogens is 1. The molecular formula is C17H15NO3S2. The average Bonchev–Trinajstić information content (AvgIpc) is 3.20. The van der Waals surface area contributed by atoms with E-state index in [9.17, 15) is 0 Å². The number of thioether (sulfide) groups is 1. The molecule has 0 spiro atoms. The van der Waals surface area contributed by atoms with Crippen LogP contribution in [0.2, 0.25) is 0 Å². The van der Waals surface area contributed by atoms with E-state index in [1.54, 1.807) is 29.4 Å². The molecule has 23 heavy (non-hydrogen) atoms. The number of thiophene rings is 1. The molecule has 0 N–H and O–H groups in total. The second-order valence-corrected chi connectivity index (χ2v) is 7.07. The maximum absolute atomic E-state index is 5.72. The van der Waals surface area contributed by atoms with Gasteiger partial charge in [-0.15, -0.1) is 23.1 Å². The number of fused-ring (bicyclic) bond motifs is 1. The molecule has 0 fully saturated rings. The number of ether oxygens (including phenoxy) is 2. The van der Waals surface area contributed by atoms with Crippen LogP contribution >= 0.6 is 23.1 Å². The first-order valence-corrected chi connectivity index (χ1v) is 9.26. The quantitative estimate of drug-likeness (QED) is 0.632. The van der Waals surface area contributed by atoms with Gasteiger partial charge in [0.25, 0.3) is 0 Å². The number of rotatable bonds is 4. The fourth-order valence-corrected chi connectivity index (χ4v) is 3.73. The van der Waals surface area contributed by atoms with E-state index >= 15 is 0 Å². The Morgan fingerprint density at radius 1 is 1.13 bits per heavy atom. The highest BCUT2D eigenvalue weighted by molar-refractivity contribution is 7.98. The predicted molar refractivity (Wildman–Crippen MR) is 91.4 cm³/mol. The van der Waals surface area contributed by atoms with Gasteiger partial charge in [0.15, 0.2) is 11.5 Å². The minimum atomic E-state index is 0.689. The molecule has 1 aliphatic heterocycles. The highest BCUT2D eigenvalue weighted by Crippen LogP contribution is 2.35. The van der Waals surface area contributed by atoms with Gasteiger partial charge >= 0.3 is 0 Å². The van der Waals surface area contributed by atoms with Gasteiger partial charge in [-0.1, -0.05) is 6.07 Å². The highest BCUT2D eigenvalue weighted by atomic mass is 32.2. The van der Waals surface area contributed by atoms with Gasteiger partial charge in [-0.25, -0.2) is 4.98 Å². The monoisotopic (exact) mass is 345 g/mol. The van der Waals surface area contributed by atoms with Crippen LogP contribution in [0.3, 0.4) is 0 Å². The molecule has 0 amide bonds. The van der Waals surface area contributed by atoms with Crippen LogP contribution in [0.5, 0.6) is 11.5 Å². The van der Waals surface area contributed by atoms with Crippen LogP contribution < -0.4 is 9.47 Å². The van der Waals surface area contributed by atoms with Crippen molar-refractivity contribution < 1.29 is 13.9 Å². The SMILES string of the molecule is c1csc(-c2nc(CSc3ccc4c(c3)OCCCO4)co2)c1. The largest absolute Gasteiger partial charge is 0.490 e. The van der Waals surface area contributed by atoms with Crippen molar-refractivity contribution in [2.24, 2.45) is 0 Å². The summed E-state index contributed by atoms with van der Waals surface area (Å²) < 4.78 is 16.9. The minimum absolute atomic E-state index is 0.689. The van der Waals surface area contributed by atoms with Crippen LogP contribution in [0.1, 0.15) is 12.1 Å². The van der Waals surface area contributed by atoms with Crippen molar-refractivity contribution >= 4 is 23.1 Å². The first kappa shape index (κ1) is 14.7. The van der Waals surface area contributed by atoms with E-state index in [0.717, 1.165) is 39.1 Å². The van der Waals surface area contributed by atoms with Gasteiger partial charge in [0, 0.05) is 17.1 Å². The second-order valence-electron chi connectivity index (χ2n) is 5.07. The molecular weight excluding hydrogens is 330 g/mol. The van der Waals surface area contributed by atoms with E-state index in [1.807, 2.05) is 29.6 Å². The van der Waals surface area contributed by atoms with E-state index in [2.05, 4.69) is 11.1 Å². The van der Waals surface area contributed by atoms with E-state index in [0.29, 0.717) is 19.1 Å². The van der Waals surface area contributed by atoms with Gasteiger partial charge in [0.05, 0.1) is 23.8 Å². The molecule has 2 aromatic heterocycles. The smallest absolute Gasteiger partial charge is 0.236 e. The molecule has 4 nitrogen and oxygen atoms in total. The Kier molecular flexibility index (Phi) is 4.26. The summed E-state index contributed by atoms with van der Waals surface area (Å²) in [6.45, 7) is 1.42. The summed E-state index contributed by atoms with van der Waals surface area (Å²) in [7, 11) is 0. The lowest BCUT2D eigenvalue weighted by atomic mass is 10.3. The Bertz CT molecular complexity index is 783. The zero-order chi connectivity index (χ0) is 15.5. The molecule has 6 heteroatoms. The highest BCUT2D eigenvalue weighted by Gasteiger charge is 2.12. The third-order valence-corrected chi connectivity index (χ3v) is 5.27. The van der Waals surface area contributed by atoms with Gasteiger partial charge < -0.3 is 13.9 Å².